The Morgan fingerprint density at radius 3 is 2.45 bits per heavy atom. The number of rotatable bonds is 3. The Morgan fingerprint density at radius 2 is 1.95 bits per heavy atom. The summed E-state index contributed by atoms with van der Waals surface area (Å²) in [5.41, 5.74) is 9.54. The molecule has 0 aromatic carbocycles. The summed E-state index contributed by atoms with van der Waals surface area (Å²) in [4.78, 5) is 4.36. The van der Waals surface area contributed by atoms with E-state index < -0.39 is 0 Å². The number of aryl methyl sites for hydroxylation is 4. The van der Waals surface area contributed by atoms with Crippen molar-refractivity contribution in [2.75, 3.05) is 0 Å². The number of hydrogen-bond donors (Lipinski definition) is 2. The lowest BCUT2D eigenvalue weighted by atomic mass is 10.1. The van der Waals surface area contributed by atoms with Crippen LogP contribution in [0.3, 0.4) is 0 Å². The molecule has 0 bridgehead atoms. The zero-order valence-corrected chi connectivity index (χ0v) is 12.4. The van der Waals surface area contributed by atoms with Gasteiger partial charge in [0.15, 0.2) is 5.75 Å². The maximum atomic E-state index is 7.70. The van der Waals surface area contributed by atoms with Crippen molar-refractivity contribution in [2.45, 2.75) is 27.7 Å². The van der Waals surface area contributed by atoms with E-state index in [4.69, 9.17) is 15.9 Å². The molecule has 106 valence electrons. The molecule has 0 unspecified atom stereocenters. The number of nitrogens with zero attached hydrogens (tertiary/aromatic N) is 3. The first-order valence-corrected chi connectivity index (χ1v) is 6.32. The largest absolute Gasteiger partial charge is 0.434 e. The molecule has 2 rings (SSSR count). The predicted molar refractivity (Wildman–Crippen MR) is 77.5 cm³/mol. The van der Waals surface area contributed by atoms with E-state index >= 15 is 0 Å². The SMILES string of the molecule is Cc1cc(C)c(C(=N)N)c(Oc2c(C)nn(C)c2C)n1. The second-order valence-electron chi connectivity index (χ2n) is 4.90. The fourth-order valence-corrected chi connectivity index (χ4v) is 2.20. The molecule has 2 aromatic rings. The Balaban J connectivity index is 2.56. The molecule has 0 saturated carbocycles. The lowest BCUT2D eigenvalue weighted by molar-refractivity contribution is 0.452. The molecular formula is C14H19N5O. The van der Waals surface area contributed by atoms with Gasteiger partial charge in [-0.2, -0.15) is 5.10 Å². The Hall–Kier alpha value is -2.37. The van der Waals surface area contributed by atoms with Crippen molar-refractivity contribution in [1.82, 2.24) is 14.8 Å². The minimum atomic E-state index is -0.0517. The van der Waals surface area contributed by atoms with Gasteiger partial charge in [-0.3, -0.25) is 10.1 Å². The second-order valence-corrected chi connectivity index (χ2v) is 4.90. The van der Waals surface area contributed by atoms with Gasteiger partial charge in [0.25, 0.3) is 0 Å². The molecule has 0 saturated heterocycles. The molecule has 0 spiro atoms. The van der Waals surface area contributed by atoms with Crippen molar-refractivity contribution in [2.24, 2.45) is 12.8 Å². The molecule has 6 nitrogen and oxygen atoms in total. The summed E-state index contributed by atoms with van der Waals surface area (Å²) >= 11 is 0. The molecule has 0 radical (unpaired) electrons. The Labute approximate surface area is 118 Å². The van der Waals surface area contributed by atoms with Crippen LogP contribution in [0.25, 0.3) is 0 Å². The number of aromatic nitrogens is 3. The van der Waals surface area contributed by atoms with Crippen molar-refractivity contribution in [3.8, 4) is 11.6 Å². The second kappa shape index (κ2) is 4.96. The van der Waals surface area contributed by atoms with E-state index in [1.165, 1.54) is 0 Å². The smallest absolute Gasteiger partial charge is 0.230 e. The van der Waals surface area contributed by atoms with Gasteiger partial charge in [0.05, 0.1) is 11.3 Å². The van der Waals surface area contributed by atoms with Gasteiger partial charge >= 0.3 is 0 Å². The topological polar surface area (TPSA) is 89.8 Å². The van der Waals surface area contributed by atoms with E-state index in [2.05, 4.69) is 10.1 Å². The van der Waals surface area contributed by atoms with Crippen molar-refractivity contribution in [3.05, 3.63) is 34.3 Å². The van der Waals surface area contributed by atoms with Crippen LogP contribution in [0.1, 0.15) is 28.2 Å². The Morgan fingerprint density at radius 1 is 1.30 bits per heavy atom. The van der Waals surface area contributed by atoms with Crippen LogP contribution in [0.5, 0.6) is 11.6 Å². The van der Waals surface area contributed by atoms with Gasteiger partial charge < -0.3 is 10.5 Å². The summed E-state index contributed by atoms with van der Waals surface area (Å²) in [5, 5.41) is 12.0. The highest BCUT2D eigenvalue weighted by atomic mass is 16.5. The van der Waals surface area contributed by atoms with Crippen LogP contribution in [0.15, 0.2) is 6.07 Å². The standard InChI is InChI=1S/C14H19N5O/c1-7-6-8(2)17-14(11(7)13(15)16)20-12-9(3)18-19(5)10(12)4/h6H,1-5H3,(H3,15,16). The number of nitrogens with one attached hydrogen (secondary N) is 1. The monoisotopic (exact) mass is 273 g/mol. The Kier molecular flexibility index (Phi) is 3.48. The molecule has 6 heteroatoms. The molecular weight excluding hydrogens is 254 g/mol. The summed E-state index contributed by atoms with van der Waals surface area (Å²) in [6.45, 7) is 7.57. The van der Waals surface area contributed by atoms with Gasteiger partial charge in [0.1, 0.15) is 11.5 Å². The lowest BCUT2D eigenvalue weighted by Gasteiger charge is -2.12. The number of hydrogen-bond acceptors (Lipinski definition) is 4. The van der Waals surface area contributed by atoms with Crippen LogP contribution in [-0.2, 0) is 7.05 Å². The molecule has 3 N–H and O–H groups in total. The van der Waals surface area contributed by atoms with Crippen molar-refractivity contribution in [3.63, 3.8) is 0 Å². The van der Waals surface area contributed by atoms with Gasteiger partial charge in [0.2, 0.25) is 5.88 Å². The fraction of sp³-hybridized carbons (Fsp3) is 0.357. The molecule has 20 heavy (non-hydrogen) atoms. The van der Waals surface area contributed by atoms with Crippen molar-refractivity contribution in [1.29, 1.82) is 5.41 Å². The average Bonchev–Trinajstić information content (AvgIpc) is 2.54. The molecule has 2 heterocycles. The number of amidine groups is 1. The van der Waals surface area contributed by atoms with E-state index in [0.29, 0.717) is 17.2 Å². The Bertz CT molecular complexity index is 687. The number of nitrogens with two attached hydrogens (primary N) is 1. The highest BCUT2D eigenvalue weighted by Crippen LogP contribution is 2.30. The number of nitrogen functional groups attached to an aromatic ring is 1. The maximum absolute atomic E-state index is 7.70. The minimum absolute atomic E-state index is 0.0517. The van der Waals surface area contributed by atoms with Gasteiger partial charge in [-0.05, 0) is 39.3 Å². The van der Waals surface area contributed by atoms with E-state index in [1.807, 2.05) is 40.8 Å². The first kappa shape index (κ1) is 14.0. The average molecular weight is 273 g/mol. The van der Waals surface area contributed by atoms with Crippen LogP contribution >= 0.6 is 0 Å². The third kappa shape index (κ3) is 2.36. The zero-order valence-electron chi connectivity index (χ0n) is 12.4. The van der Waals surface area contributed by atoms with Crippen LogP contribution in [0, 0.1) is 33.1 Å². The number of ether oxygens (including phenoxy) is 1. The first-order chi connectivity index (χ1) is 9.31. The van der Waals surface area contributed by atoms with Crippen LogP contribution in [0.2, 0.25) is 0 Å². The third-order valence-corrected chi connectivity index (χ3v) is 3.22. The number of pyridine rings is 1. The van der Waals surface area contributed by atoms with E-state index in [0.717, 1.165) is 22.6 Å². The lowest BCUT2D eigenvalue weighted by Crippen LogP contribution is -2.15. The minimum Gasteiger partial charge on any atom is -0.434 e. The summed E-state index contributed by atoms with van der Waals surface area (Å²) in [5.74, 6) is 0.964. The molecule has 0 aliphatic heterocycles. The third-order valence-electron chi connectivity index (χ3n) is 3.22. The van der Waals surface area contributed by atoms with Gasteiger partial charge in [0, 0.05) is 12.7 Å². The zero-order chi connectivity index (χ0) is 15.0. The van der Waals surface area contributed by atoms with Gasteiger partial charge in [-0.15, -0.1) is 0 Å². The van der Waals surface area contributed by atoms with Crippen LogP contribution in [-0.4, -0.2) is 20.6 Å². The molecule has 0 atom stereocenters. The molecule has 2 aromatic heterocycles. The quantitative estimate of drug-likeness (QED) is 0.662. The van der Waals surface area contributed by atoms with Gasteiger partial charge in [-0.25, -0.2) is 4.98 Å². The molecule has 0 aliphatic carbocycles. The van der Waals surface area contributed by atoms with E-state index in [9.17, 15) is 0 Å². The highest BCUT2D eigenvalue weighted by molar-refractivity contribution is 5.98. The predicted octanol–water partition coefficient (Wildman–Crippen LogP) is 2.13. The van der Waals surface area contributed by atoms with Crippen LogP contribution < -0.4 is 10.5 Å². The van der Waals surface area contributed by atoms with E-state index in [-0.39, 0.29) is 5.84 Å². The van der Waals surface area contributed by atoms with Crippen molar-refractivity contribution >= 4 is 5.84 Å². The molecule has 0 aliphatic rings. The molecule has 0 amide bonds. The summed E-state index contributed by atoms with van der Waals surface area (Å²) in [7, 11) is 1.86. The van der Waals surface area contributed by atoms with Crippen molar-refractivity contribution < 1.29 is 4.74 Å². The van der Waals surface area contributed by atoms with Crippen LogP contribution in [0.4, 0.5) is 0 Å². The maximum Gasteiger partial charge on any atom is 0.230 e. The van der Waals surface area contributed by atoms with E-state index in [1.54, 1.807) is 4.68 Å². The fourth-order valence-electron chi connectivity index (χ4n) is 2.20. The first-order valence-electron chi connectivity index (χ1n) is 6.32. The normalized spacial score (nSPS) is 10.7. The summed E-state index contributed by atoms with van der Waals surface area (Å²) < 4.78 is 7.65. The van der Waals surface area contributed by atoms with Gasteiger partial charge in [-0.1, -0.05) is 0 Å². The summed E-state index contributed by atoms with van der Waals surface area (Å²) in [6, 6.07) is 1.88. The molecule has 0 fully saturated rings. The highest BCUT2D eigenvalue weighted by Gasteiger charge is 2.18. The summed E-state index contributed by atoms with van der Waals surface area (Å²) in [6.07, 6.45) is 0.